The molecule has 1 heterocycles. The van der Waals surface area contributed by atoms with Gasteiger partial charge in [-0.2, -0.15) is 0 Å². The van der Waals surface area contributed by atoms with Gasteiger partial charge in [0.1, 0.15) is 10.8 Å². The summed E-state index contributed by atoms with van der Waals surface area (Å²) in [6.45, 7) is 3.60. The van der Waals surface area contributed by atoms with E-state index in [4.69, 9.17) is 9.47 Å². The van der Waals surface area contributed by atoms with Crippen LogP contribution in [0.25, 0.3) is 0 Å². The number of hydrogen-bond donors (Lipinski definition) is 1. The molecule has 0 saturated heterocycles. The van der Waals surface area contributed by atoms with E-state index in [1.54, 1.807) is 6.92 Å². The summed E-state index contributed by atoms with van der Waals surface area (Å²) in [6.07, 6.45) is 2.58. The molecular formula is C21H22FNO5S. The Labute approximate surface area is 172 Å². The second-order valence-corrected chi connectivity index (χ2v) is 8.01. The van der Waals surface area contributed by atoms with Gasteiger partial charge in [0.25, 0.3) is 5.91 Å². The van der Waals surface area contributed by atoms with E-state index in [9.17, 15) is 18.8 Å². The van der Waals surface area contributed by atoms with Crippen LogP contribution < -0.4 is 5.32 Å². The first kappa shape index (κ1) is 21.0. The minimum atomic E-state index is -0.731. The van der Waals surface area contributed by atoms with Crippen LogP contribution in [0.5, 0.6) is 0 Å². The average molecular weight is 419 g/mol. The highest BCUT2D eigenvalue weighted by Crippen LogP contribution is 2.40. The molecule has 1 unspecified atom stereocenters. The topological polar surface area (TPSA) is 81.7 Å². The zero-order valence-corrected chi connectivity index (χ0v) is 17.1. The number of halogens is 1. The minimum Gasteiger partial charge on any atom is -0.462 e. The molecule has 0 radical (unpaired) electrons. The van der Waals surface area contributed by atoms with E-state index >= 15 is 0 Å². The SMILES string of the molecule is CCOC(=O)c1c(NC(=O)COC(=O)c2ccc(F)cc2)sc2c1CCC(C)C2. The van der Waals surface area contributed by atoms with Crippen LogP contribution >= 0.6 is 11.3 Å². The molecule has 6 nitrogen and oxygen atoms in total. The molecule has 0 aliphatic heterocycles. The van der Waals surface area contributed by atoms with Gasteiger partial charge in [0, 0.05) is 4.88 Å². The first-order chi connectivity index (χ1) is 13.9. The van der Waals surface area contributed by atoms with Crippen LogP contribution in [0, 0.1) is 11.7 Å². The standard InChI is InChI=1S/C21H22FNO5S/c1-3-27-21(26)18-15-9-4-12(2)10-16(15)29-19(18)23-17(24)11-28-20(25)13-5-7-14(22)8-6-13/h5-8,12H,3-4,9-11H2,1-2H3,(H,23,24). The normalized spacial score (nSPS) is 15.3. The summed E-state index contributed by atoms with van der Waals surface area (Å²) < 4.78 is 23.1. The monoisotopic (exact) mass is 419 g/mol. The number of thiophene rings is 1. The number of fused-ring (bicyclic) bond motifs is 1. The van der Waals surface area contributed by atoms with Crippen molar-refractivity contribution in [2.45, 2.75) is 33.1 Å². The molecule has 0 fully saturated rings. The first-order valence-electron chi connectivity index (χ1n) is 9.43. The number of carbonyl (C=O) groups excluding carboxylic acids is 3. The van der Waals surface area contributed by atoms with Crippen molar-refractivity contribution in [2.75, 3.05) is 18.5 Å². The van der Waals surface area contributed by atoms with Crippen LogP contribution in [0.4, 0.5) is 9.39 Å². The van der Waals surface area contributed by atoms with Crippen LogP contribution in [0.2, 0.25) is 0 Å². The Morgan fingerprint density at radius 3 is 2.59 bits per heavy atom. The predicted octanol–water partition coefficient (Wildman–Crippen LogP) is 3.98. The van der Waals surface area contributed by atoms with Crippen LogP contribution in [0.1, 0.15) is 51.4 Å². The van der Waals surface area contributed by atoms with E-state index in [0.717, 1.165) is 41.8 Å². The Morgan fingerprint density at radius 1 is 1.17 bits per heavy atom. The van der Waals surface area contributed by atoms with Crippen molar-refractivity contribution in [2.24, 2.45) is 5.92 Å². The third kappa shape index (κ3) is 5.00. The fraction of sp³-hybridized carbons (Fsp3) is 0.381. The largest absolute Gasteiger partial charge is 0.462 e. The molecule has 1 aromatic carbocycles. The summed E-state index contributed by atoms with van der Waals surface area (Å²) in [7, 11) is 0. The van der Waals surface area contributed by atoms with E-state index in [1.807, 2.05) is 0 Å². The van der Waals surface area contributed by atoms with Crippen molar-refractivity contribution in [1.29, 1.82) is 0 Å². The Balaban J connectivity index is 1.70. The van der Waals surface area contributed by atoms with Gasteiger partial charge in [-0.25, -0.2) is 14.0 Å². The summed E-state index contributed by atoms with van der Waals surface area (Å²) in [5.74, 6) is -1.71. The second kappa shape index (κ2) is 9.17. The van der Waals surface area contributed by atoms with E-state index in [0.29, 0.717) is 16.5 Å². The predicted molar refractivity (Wildman–Crippen MR) is 107 cm³/mol. The molecule has 1 aliphatic rings. The van der Waals surface area contributed by atoms with Gasteiger partial charge in [0.05, 0.1) is 17.7 Å². The lowest BCUT2D eigenvalue weighted by molar-refractivity contribution is -0.119. The molecule has 154 valence electrons. The van der Waals surface area contributed by atoms with E-state index in [1.165, 1.54) is 23.5 Å². The van der Waals surface area contributed by atoms with Crippen LogP contribution in [-0.4, -0.2) is 31.1 Å². The van der Waals surface area contributed by atoms with Gasteiger partial charge >= 0.3 is 11.9 Å². The molecule has 29 heavy (non-hydrogen) atoms. The number of ether oxygens (including phenoxy) is 2. The van der Waals surface area contributed by atoms with E-state index < -0.39 is 30.3 Å². The zero-order chi connectivity index (χ0) is 21.0. The minimum absolute atomic E-state index is 0.145. The highest BCUT2D eigenvalue weighted by atomic mass is 32.1. The van der Waals surface area contributed by atoms with Crippen LogP contribution in [0.15, 0.2) is 24.3 Å². The maximum atomic E-state index is 12.9. The van der Waals surface area contributed by atoms with Crippen LogP contribution in [0.3, 0.4) is 0 Å². The van der Waals surface area contributed by atoms with Gasteiger partial charge in [-0.1, -0.05) is 6.92 Å². The number of rotatable bonds is 6. The molecule has 1 amide bonds. The van der Waals surface area contributed by atoms with Crippen molar-refractivity contribution in [3.63, 3.8) is 0 Å². The Bertz CT molecular complexity index is 922. The fourth-order valence-corrected chi connectivity index (χ4v) is 4.64. The number of anilines is 1. The lowest BCUT2D eigenvalue weighted by Gasteiger charge is -2.18. The summed E-state index contributed by atoms with van der Waals surface area (Å²) >= 11 is 1.37. The molecule has 0 saturated carbocycles. The van der Waals surface area contributed by atoms with E-state index in [-0.39, 0.29) is 12.2 Å². The highest BCUT2D eigenvalue weighted by Gasteiger charge is 2.29. The van der Waals surface area contributed by atoms with Gasteiger partial charge in [-0.15, -0.1) is 11.3 Å². The number of carbonyl (C=O) groups is 3. The highest BCUT2D eigenvalue weighted by molar-refractivity contribution is 7.17. The summed E-state index contributed by atoms with van der Waals surface area (Å²) in [5, 5.41) is 3.10. The smallest absolute Gasteiger partial charge is 0.341 e. The Kier molecular flexibility index (Phi) is 6.64. The van der Waals surface area contributed by atoms with Crippen molar-refractivity contribution < 1.29 is 28.2 Å². The Hall–Kier alpha value is -2.74. The molecule has 1 aromatic heterocycles. The zero-order valence-electron chi connectivity index (χ0n) is 16.2. The van der Waals surface area contributed by atoms with Gasteiger partial charge in [0.15, 0.2) is 6.61 Å². The maximum absolute atomic E-state index is 12.9. The van der Waals surface area contributed by atoms with Gasteiger partial charge in [0.2, 0.25) is 0 Å². The number of benzene rings is 1. The van der Waals surface area contributed by atoms with Crippen LogP contribution in [-0.2, 0) is 27.1 Å². The van der Waals surface area contributed by atoms with E-state index in [2.05, 4.69) is 12.2 Å². The summed E-state index contributed by atoms with van der Waals surface area (Å²) in [6, 6.07) is 4.84. The van der Waals surface area contributed by atoms with Gasteiger partial charge in [-0.05, 0) is 61.9 Å². The lowest BCUT2D eigenvalue weighted by Crippen LogP contribution is -2.22. The molecule has 8 heteroatoms. The molecule has 3 rings (SSSR count). The Morgan fingerprint density at radius 2 is 1.90 bits per heavy atom. The third-order valence-electron chi connectivity index (χ3n) is 4.66. The molecule has 1 atom stereocenters. The lowest BCUT2D eigenvalue weighted by atomic mass is 9.88. The number of amides is 1. The summed E-state index contributed by atoms with van der Waals surface area (Å²) in [4.78, 5) is 37.8. The third-order valence-corrected chi connectivity index (χ3v) is 5.83. The van der Waals surface area contributed by atoms with Crippen molar-refractivity contribution >= 4 is 34.2 Å². The molecule has 0 bridgehead atoms. The summed E-state index contributed by atoms with van der Waals surface area (Å²) in [5.41, 5.74) is 1.48. The number of esters is 2. The number of hydrogen-bond acceptors (Lipinski definition) is 6. The maximum Gasteiger partial charge on any atom is 0.341 e. The second-order valence-electron chi connectivity index (χ2n) is 6.91. The molecule has 2 aromatic rings. The molecule has 1 aliphatic carbocycles. The first-order valence-corrected chi connectivity index (χ1v) is 10.2. The molecule has 0 spiro atoms. The number of nitrogens with one attached hydrogen (secondary N) is 1. The fourth-order valence-electron chi connectivity index (χ4n) is 3.22. The van der Waals surface area contributed by atoms with Crippen molar-refractivity contribution in [3.05, 3.63) is 51.7 Å². The molecular weight excluding hydrogens is 397 g/mol. The van der Waals surface area contributed by atoms with Crippen molar-refractivity contribution in [3.8, 4) is 0 Å². The van der Waals surface area contributed by atoms with Crippen molar-refractivity contribution in [1.82, 2.24) is 0 Å². The van der Waals surface area contributed by atoms with Gasteiger partial charge < -0.3 is 14.8 Å². The van der Waals surface area contributed by atoms with Gasteiger partial charge in [-0.3, -0.25) is 4.79 Å². The molecule has 1 N–H and O–H groups in total. The average Bonchev–Trinajstić information content (AvgIpc) is 3.03. The quantitative estimate of drug-likeness (QED) is 0.716.